The summed E-state index contributed by atoms with van der Waals surface area (Å²) >= 11 is 0. The third-order valence-corrected chi connectivity index (χ3v) is 5.20. The lowest BCUT2D eigenvalue weighted by molar-refractivity contribution is -0.137. The normalized spacial score (nSPS) is 11.5. The van der Waals surface area contributed by atoms with Crippen LogP contribution in [0.3, 0.4) is 0 Å². The van der Waals surface area contributed by atoms with Crippen molar-refractivity contribution < 1.29 is 18.0 Å². The first-order chi connectivity index (χ1) is 14.9. The molecule has 0 radical (unpaired) electrons. The number of nitrogens with zero attached hydrogens (tertiary/aromatic N) is 2. The minimum atomic E-state index is -4.37. The number of halogens is 3. The van der Waals surface area contributed by atoms with Crippen LogP contribution < -0.4 is 0 Å². The molecule has 0 aliphatic rings. The number of amides is 1. The number of aromatic nitrogens is 1. The van der Waals surface area contributed by atoms with Gasteiger partial charge in [0.05, 0.1) is 12.1 Å². The van der Waals surface area contributed by atoms with Gasteiger partial charge in [-0.1, -0.05) is 55.8 Å². The molecule has 0 spiro atoms. The molecule has 0 bridgehead atoms. The molecule has 6 heteroatoms. The van der Waals surface area contributed by atoms with Gasteiger partial charge in [0.15, 0.2) is 0 Å². The van der Waals surface area contributed by atoms with Gasteiger partial charge in [0.25, 0.3) is 0 Å². The Bertz CT molecular complexity index is 980. The second kappa shape index (κ2) is 10.3. The van der Waals surface area contributed by atoms with E-state index in [1.807, 2.05) is 58.1 Å². The van der Waals surface area contributed by atoms with Gasteiger partial charge in [0.1, 0.15) is 0 Å². The lowest BCUT2D eigenvalue weighted by Gasteiger charge is -2.24. The molecule has 31 heavy (non-hydrogen) atoms. The van der Waals surface area contributed by atoms with Crippen LogP contribution in [0.25, 0.3) is 0 Å². The molecule has 2 aromatic carbocycles. The molecule has 0 fully saturated rings. The van der Waals surface area contributed by atoms with Crippen molar-refractivity contribution in [2.45, 2.75) is 52.0 Å². The highest BCUT2D eigenvalue weighted by molar-refractivity contribution is 5.76. The number of hydrogen-bond donors (Lipinski definition) is 0. The summed E-state index contributed by atoms with van der Waals surface area (Å²) in [7, 11) is 0. The Hall–Kier alpha value is -3.02. The van der Waals surface area contributed by atoms with Crippen molar-refractivity contribution >= 4 is 5.91 Å². The van der Waals surface area contributed by atoms with Gasteiger partial charge >= 0.3 is 6.18 Å². The maximum atomic E-state index is 13.0. The highest BCUT2D eigenvalue weighted by Gasteiger charge is 2.30. The van der Waals surface area contributed by atoms with Gasteiger partial charge in [0, 0.05) is 31.4 Å². The van der Waals surface area contributed by atoms with Gasteiger partial charge in [-0.05, 0) is 41.8 Å². The Morgan fingerprint density at radius 1 is 0.935 bits per heavy atom. The van der Waals surface area contributed by atoms with Crippen LogP contribution in [0.4, 0.5) is 13.2 Å². The molecular formula is C25H27F3N2O. The standard InChI is InChI=1S/C25H27F3N2O/c1-2-3-14-24(31)30(17-20-9-5-4-6-10-20)19-23-13-8-15-29(23)18-21-11-7-12-22(16-21)25(26,27)28/h4-13,15-16H,2-3,14,17-19H2,1H3. The average molecular weight is 428 g/mol. The maximum absolute atomic E-state index is 13.0. The lowest BCUT2D eigenvalue weighted by atomic mass is 10.1. The lowest BCUT2D eigenvalue weighted by Crippen LogP contribution is -2.30. The summed E-state index contributed by atoms with van der Waals surface area (Å²) in [5.41, 5.74) is 1.85. The van der Waals surface area contributed by atoms with Crippen LogP contribution in [0, 0.1) is 0 Å². The Balaban J connectivity index is 1.78. The summed E-state index contributed by atoms with van der Waals surface area (Å²) in [6.07, 6.45) is -0.273. The number of carbonyl (C=O) groups is 1. The molecule has 0 aliphatic heterocycles. The molecule has 3 nitrogen and oxygen atoms in total. The first-order valence-corrected chi connectivity index (χ1v) is 10.5. The SMILES string of the molecule is CCCCC(=O)N(Cc1ccccc1)Cc1cccn1Cc1cccc(C(F)(F)F)c1. The van der Waals surface area contributed by atoms with Crippen LogP contribution in [0.2, 0.25) is 0 Å². The Labute approximate surface area is 181 Å². The maximum Gasteiger partial charge on any atom is 0.416 e. The van der Waals surface area contributed by atoms with E-state index in [1.54, 1.807) is 6.07 Å². The number of unbranched alkanes of at least 4 members (excludes halogenated alkanes) is 1. The average Bonchev–Trinajstić information content (AvgIpc) is 3.18. The van der Waals surface area contributed by atoms with Crippen molar-refractivity contribution in [1.29, 1.82) is 0 Å². The van der Waals surface area contributed by atoms with Crippen molar-refractivity contribution in [2.24, 2.45) is 0 Å². The Morgan fingerprint density at radius 2 is 1.68 bits per heavy atom. The zero-order valence-corrected chi connectivity index (χ0v) is 17.6. The summed E-state index contributed by atoms with van der Waals surface area (Å²) in [5, 5.41) is 0. The van der Waals surface area contributed by atoms with Crippen molar-refractivity contribution in [3.05, 3.63) is 95.3 Å². The number of benzene rings is 2. The van der Waals surface area contributed by atoms with Crippen molar-refractivity contribution in [3.63, 3.8) is 0 Å². The van der Waals surface area contributed by atoms with E-state index in [1.165, 1.54) is 12.1 Å². The van der Waals surface area contributed by atoms with Crippen molar-refractivity contribution in [2.75, 3.05) is 0 Å². The zero-order chi connectivity index (χ0) is 22.3. The monoisotopic (exact) mass is 428 g/mol. The van der Waals surface area contributed by atoms with Crippen LogP contribution in [0.15, 0.2) is 72.9 Å². The van der Waals surface area contributed by atoms with E-state index >= 15 is 0 Å². The minimum Gasteiger partial charge on any atom is -0.345 e. The summed E-state index contributed by atoms with van der Waals surface area (Å²) < 4.78 is 41.0. The molecule has 164 valence electrons. The molecule has 0 saturated carbocycles. The van der Waals surface area contributed by atoms with E-state index in [9.17, 15) is 18.0 Å². The highest BCUT2D eigenvalue weighted by Crippen LogP contribution is 2.29. The molecule has 0 unspecified atom stereocenters. The molecule has 1 aromatic heterocycles. The number of rotatable bonds is 9. The fourth-order valence-electron chi connectivity index (χ4n) is 3.51. The third kappa shape index (κ3) is 6.48. The van der Waals surface area contributed by atoms with E-state index in [-0.39, 0.29) is 5.91 Å². The zero-order valence-electron chi connectivity index (χ0n) is 17.6. The number of alkyl halides is 3. The van der Waals surface area contributed by atoms with Gasteiger partial charge < -0.3 is 9.47 Å². The topological polar surface area (TPSA) is 25.2 Å². The summed E-state index contributed by atoms with van der Waals surface area (Å²) in [6.45, 7) is 3.27. The second-order valence-corrected chi connectivity index (χ2v) is 7.66. The van der Waals surface area contributed by atoms with Crippen LogP contribution in [0.1, 0.15) is 48.6 Å². The van der Waals surface area contributed by atoms with Crippen LogP contribution >= 0.6 is 0 Å². The van der Waals surface area contributed by atoms with Crippen LogP contribution in [0.5, 0.6) is 0 Å². The van der Waals surface area contributed by atoms with Gasteiger partial charge in [-0.15, -0.1) is 0 Å². The van der Waals surface area contributed by atoms with E-state index < -0.39 is 11.7 Å². The smallest absolute Gasteiger partial charge is 0.345 e. The van der Waals surface area contributed by atoms with Crippen molar-refractivity contribution in [1.82, 2.24) is 9.47 Å². The largest absolute Gasteiger partial charge is 0.416 e. The van der Waals surface area contributed by atoms with E-state index in [0.29, 0.717) is 31.6 Å². The first-order valence-electron chi connectivity index (χ1n) is 10.5. The van der Waals surface area contributed by atoms with Gasteiger partial charge in [-0.3, -0.25) is 4.79 Å². The highest BCUT2D eigenvalue weighted by atomic mass is 19.4. The van der Waals surface area contributed by atoms with Crippen LogP contribution in [-0.2, 0) is 30.6 Å². The second-order valence-electron chi connectivity index (χ2n) is 7.66. The molecule has 1 heterocycles. The molecule has 3 aromatic rings. The number of hydrogen-bond acceptors (Lipinski definition) is 1. The Kier molecular flexibility index (Phi) is 7.55. The molecular weight excluding hydrogens is 401 g/mol. The van der Waals surface area contributed by atoms with Crippen LogP contribution in [-0.4, -0.2) is 15.4 Å². The Morgan fingerprint density at radius 3 is 2.39 bits per heavy atom. The molecule has 0 atom stereocenters. The fourth-order valence-corrected chi connectivity index (χ4v) is 3.51. The van der Waals surface area contributed by atoms with E-state index in [2.05, 4.69) is 6.92 Å². The minimum absolute atomic E-state index is 0.0810. The summed E-state index contributed by atoms with van der Waals surface area (Å²) in [6, 6.07) is 19.0. The molecule has 0 aliphatic carbocycles. The predicted molar refractivity (Wildman–Crippen MR) is 115 cm³/mol. The summed E-state index contributed by atoms with van der Waals surface area (Å²) in [4.78, 5) is 14.7. The fraction of sp³-hybridized carbons (Fsp3) is 0.320. The van der Waals surface area contributed by atoms with E-state index in [4.69, 9.17) is 0 Å². The van der Waals surface area contributed by atoms with Crippen molar-refractivity contribution in [3.8, 4) is 0 Å². The third-order valence-electron chi connectivity index (χ3n) is 5.20. The van der Waals surface area contributed by atoms with E-state index in [0.717, 1.165) is 30.2 Å². The quantitative estimate of drug-likeness (QED) is 0.394. The predicted octanol–water partition coefficient (Wildman–Crippen LogP) is 6.27. The summed E-state index contributed by atoms with van der Waals surface area (Å²) in [5.74, 6) is 0.0810. The number of carbonyl (C=O) groups excluding carboxylic acids is 1. The molecule has 3 rings (SSSR count). The molecule has 1 amide bonds. The van der Waals surface area contributed by atoms with Gasteiger partial charge in [0.2, 0.25) is 5.91 Å². The molecule has 0 N–H and O–H groups in total. The first kappa shape index (κ1) is 22.7. The van der Waals surface area contributed by atoms with Gasteiger partial charge in [-0.2, -0.15) is 13.2 Å². The molecule has 0 saturated heterocycles. The van der Waals surface area contributed by atoms with Gasteiger partial charge in [-0.25, -0.2) is 0 Å².